The fourth-order valence-corrected chi connectivity index (χ4v) is 5.32. The molecular weight excluding hydrogens is 532 g/mol. The minimum atomic E-state index is -0.688. The Kier molecular flexibility index (Phi) is 7.28. The van der Waals surface area contributed by atoms with E-state index in [1.807, 2.05) is 38.1 Å². The lowest BCUT2D eigenvalue weighted by atomic mass is 9.96. The van der Waals surface area contributed by atoms with Gasteiger partial charge in [-0.2, -0.15) is 0 Å². The first-order valence-corrected chi connectivity index (χ1v) is 12.7. The molecule has 0 saturated carbocycles. The van der Waals surface area contributed by atoms with Crippen molar-refractivity contribution in [2.24, 2.45) is 4.99 Å². The third-order valence-corrected chi connectivity index (χ3v) is 6.97. The van der Waals surface area contributed by atoms with Gasteiger partial charge in [-0.25, -0.2) is 9.79 Å². The molecule has 1 atom stereocenters. The van der Waals surface area contributed by atoms with Crippen LogP contribution in [0.4, 0.5) is 0 Å². The summed E-state index contributed by atoms with van der Waals surface area (Å²) in [5, 5.41) is 9.78. The van der Waals surface area contributed by atoms with Crippen LogP contribution in [0.15, 0.2) is 68.0 Å². The molecule has 3 aromatic rings. The number of phenolic OH excluding ortho intramolecular Hbond substituents is 1. The number of fused-ring (bicyclic) bond motifs is 1. The third-order valence-electron chi connectivity index (χ3n) is 5.35. The second kappa shape index (κ2) is 10.2. The Morgan fingerprint density at radius 2 is 1.97 bits per heavy atom. The van der Waals surface area contributed by atoms with Crippen LogP contribution < -0.4 is 19.6 Å². The Labute approximate surface area is 214 Å². The Hall–Kier alpha value is -3.17. The number of hydrogen-bond acceptors (Lipinski definition) is 7. The smallest absolute Gasteiger partial charge is 0.338 e. The van der Waals surface area contributed by atoms with E-state index in [-0.39, 0.29) is 24.0 Å². The number of benzene rings is 2. The molecule has 0 saturated heterocycles. The topological polar surface area (TPSA) is 90.1 Å². The van der Waals surface area contributed by atoms with E-state index in [1.165, 1.54) is 11.3 Å². The van der Waals surface area contributed by atoms with Gasteiger partial charge in [0.15, 0.2) is 4.80 Å². The Bertz CT molecular complexity index is 1490. The summed E-state index contributed by atoms with van der Waals surface area (Å²) in [6, 6.07) is 11.7. The quantitative estimate of drug-likeness (QED) is 0.462. The number of rotatable bonds is 6. The lowest BCUT2D eigenvalue weighted by Crippen LogP contribution is -2.39. The number of phenols is 1. The van der Waals surface area contributed by atoms with Gasteiger partial charge in [0.05, 0.1) is 39.0 Å². The molecule has 1 aromatic heterocycles. The molecular formula is C26H25BrN2O5S. The monoisotopic (exact) mass is 556 g/mol. The molecule has 4 rings (SSSR count). The Morgan fingerprint density at radius 3 is 2.60 bits per heavy atom. The lowest BCUT2D eigenvalue weighted by Gasteiger charge is -2.25. The first-order chi connectivity index (χ1) is 16.7. The maximum atomic E-state index is 13.6. The molecule has 9 heteroatoms. The highest BCUT2D eigenvalue weighted by Gasteiger charge is 2.33. The van der Waals surface area contributed by atoms with Crippen molar-refractivity contribution in [3.63, 3.8) is 0 Å². The van der Waals surface area contributed by atoms with Crippen LogP contribution in [0.5, 0.6) is 11.5 Å². The highest BCUT2D eigenvalue weighted by atomic mass is 79.9. The van der Waals surface area contributed by atoms with Gasteiger partial charge in [0.2, 0.25) is 0 Å². The zero-order valence-corrected chi connectivity index (χ0v) is 22.1. The van der Waals surface area contributed by atoms with E-state index >= 15 is 0 Å². The van der Waals surface area contributed by atoms with Gasteiger partial charge in [-0.05, 0) is 85.1 Å². The average Bonchev–Trinajstić information content (AvgIpc) is 3.10. The average molecular weight is 557 g/mol. The molecule has 0 aliphatic carbocycles. The van der Waals surface area contributed by atoms with Crippen LogP contribution in [0.3, 0.4) is 0 Å². The molecule has 35 heavy (non-hydrogen) atoms. The summed E-state index contributed by atoms with van der Waals surface area (Å²) in [6.07, 6.45) is 1.77. The summed E-state index contributed by atoms with van der Waals surface area (Å²) in [5.41, 5.74) is 2.07. The van der Waals surface area contributed by atoms with Crippen molar-refractivity contribution in [1.29, 1.82) is 0 Å². The number of hydrogen-bond donors (Lipinski definition) is 1. The maximum Gasteiger partial charge on any atom is 0.338 e. The second-order valence-electron chi connectivity index (χ2n) is 8.25. The van der Waals surface area contributed by atoms with Crippen molar-refractivity contribution in [2.45, 2.75) is 39.8 Å². The number of ether oxygens (including phenoxy) is 2. The van der Waals surface area contributed by atoms with Crippen LogP contribution in [-0.2, 0) is 9.53 Å². The zero-order chi connectivity index (χ0) is 25.3. The summed E-state index contributed by atoms with van der Waals surface area (Å²) in [6.45, 7) is 7.60. The van der Waals surface area contributed by atoms with Gasteiger partial charge < -0.3 is 14.6 Å². The first kappa shape index (κ1) is 24.9. The van der Waals surface area contributed by atoms with Crippen LogP contribution in [0.1, 0.15) is 44.9 Å². The fraction of sp³-hybridized carbons (Fsp3) is 0.269. The number of allylic oxidation sites excluding steroid dienone is 1. The third kappa shape index (κ3) is 5.11. The first-order valence-electron chi connectivity index (χ1n) is 11.1. The van der Waals surface area contributed by atoms with Crippen LogP contribution >= 0.6 is 27.3 Å². The van der Waals surface area contributed by atoms with Gasteiger partial charge in [-0.15, -0.1) is 0 Å². The minimum absolute atomic E-state index is 0.0238. The highest BCUT2D eigenvalue weighted by Crippen LogP contribution is 2.32. The summed E-state index contributed by atoms with van der Waals surface area (Å²) in [7, 11) is 0. The van der Waals surface area contributed by atoms with E-state index in [9.17, 15) is 14.7 Å². The summed E-state index contributed by atoms with van der Waals surface area (Å²) < 4.78 is 13.6. The summed E-state index contributed by atoms with van der Waals surface area (Å²) in [4.78, 5) is 31.7. The van der Waals surface area contributed by atoms with Gasteiger partial charge in [0, 0.05) is 0 Å². The Morgan fingerprint density at radius 1 is 1.26 bits per heavy atom. The number of nitrogens with zero attached hydrogens (tertiary/aromatic N) is 2. The molecule has 1 aliphatic rings. The van der Waals surface area contributed by atoms with Crippen LogP contribution in [0.2, 0.25) is 0 Å². The number of carbonyl (C=O) groups excluding carboxylic acids is 1. The standard InChI is InChI=1S/C26H25BrN2O5S/c1-5-33-25(32)22-15(4)28-26-29(23(22)17-7-9-18(10-8-17)34-14(2)3)24(31)21(35-26)13-16-6-11-20(30)19(27)12-16/h6-14,23,30H,5H2,1-4H3/b21-13-. The van der Waals surface area contributed by atoms with E-state index in [4.69, 9.17) is 9.47 Å². The number of esters is 1. The summed E-state index contributed by atoms with van der Waals surface area (Å²) in [5.74, 6) is 0.314. The molecule has 1 N–H and O–H groups in total. The van der Waals surface area contributed by atoms with Gasteiger partial charge in [-0.1, -0.05) is 29.5 Å². The number of carbonyl (C=O) groups is 1. The summed E-state index contributed by atoms with van der Waals surface area (Å²) >= 11 is 4.55. The van der Waals surface area contributed by atoms with Crippen LogP contribution in [0, 0.1) is 0 Å². The lowest BCUT2D eigenvalue weighted by molar-refractivity contribution is -0.139. The SMILES string of the molecule is CCOC(=O)C1=C(C)N=c2s/c(=C\c3ccc(O)c(Br)c3)c(=O)n2C1c1ccc(OC(C)C)cc1. The zero-order valence-electron chi connectivity index (χ0n) is 19.7. The molecule has 0 amide bonds. The van der Waals surface area contributed by atoms with E-state index in [0.29, 0.717) is 30.8 Å². The maximum absolute atomic E-state index is 13.6. The predicted octanol–water partition coefficient (Wildman–Crippen LogP) is 4.05. The largest absolute Gasteiger partial charge is 0.507 e. The fourth-order valence-electron chi connectivity index (χ4n) is 3.87. The second-order valence-corrected chi connectivity index (χ2v) is 10.1. The number of aromatic hydroxyl groups is 1. The van der Waals surface area contributed by atoms with E-state index in [0.717, 1.165) is 11.1 Å². The van der Waals surface area contributed by atoms with Crippen molar-refractivity contribution in [3.05, 3.63) is 89.0 Å². The minimum Gasteiger partial charge on any atom is -0.507 e. The number of halogens is 1. The van der Waals surface area contributed by atoms with Crippen molar-refractivity contribution < 1.29 is 19.4 Å². The van der Waals surface area contributed by atoms with Crippen molar-refractivity contribution in [1.82, 2.24) is 4.57 Å². The molecule has 1 aliphatic heterocycles. The normalized spacial score (nSPS) is 15.7. The van der Waals surface area contributed by atoms with E-state index < -0.39 is 12.0 Å². The van der Waals surface area contributed by atoms with Gasteiger partial charge in [0.1, 0.15) is 11.5 Å². The molecule has 0 bridgehead atoms. The van der Waals surface area contributed by atoms with E-state index in [2.05, 4.69) is 20.9 Å². The molecule has 2 aromatic carbocycles. The molecule has 1 unspecified atom stereocenters. The molecule has 2 heterocycles. The molecule has 7 nitrogen and oxygen atoms in total. The van der Waals surface area contributed by atoms with Gasteiger partial charge in [0.25, 0.3) is 5.56 Å². The Balaban J connectivity index is 1.89. The van der Waals surface area contributed by atoms with Crippen molar-refractivity contribution in [2.75, 3.05) is 6.61 Å². The molecule has 0 fully saturated rings. The van der Waals surface area contributed by atoms with Crippen LogP contribution in [-0.4, -0.2) is 28.4 Å². The predicted molar refractivity (Wildman–Crippen MR) is 138 cm³/mol. The van der Waals surface area contributed by atoms with Gasteiger partial charge >= 0.3 is 5.97 Å². The molecule has 0 spiro atoms. The number of thiazole rings is 1. The van der Waals surface area contributed by atoms with Crippen LogP contribution in [0.25, 0.3) is 6.08 Å². The van der Waals surface area contributed by atoms with Crippen molar-refractivity contribution in [3.8, 4) is 11.5 Å². The van der Waals surface area contributed by atoms with Crippen molar-refractivity contribution >= 4 is 39.3 Å². The molecule has 0 radical (unpaired) electrons. The molecule has 182 valence electrons. The number of aromatic nitrogens is 1. The van der Waals surface area contributed by atoms with Gasteiger partial charge in [-0.3, -0.25) is 9.36 Å². The highest BCUT2D eigenvalue weighted by molar-refractivity contribution is 9.10. The van der Waals surface area contributed by atoms with E-state index in [1.54, 1.807) is 42.7 Å².